The SMILES string of the molecule is C=C(CN1CC2CC(C1)O2)C(=O)N(C)Cc1ccccc1.CCN1C(=O)C(NC(=O)c2ccn(C(F)(F)F)n2)Cc2cnn(-c3ccccc3)c21. The summed E-state index contributed by atoms with van der Waals surface area (Å²) < 4.78 is 45.1. The molecule has 51 heavy (non-hydrogen) atoms. The molecule has 268 valence electrons. The van der Waals surface area contributed by atoms with Gasteiger partial charge < -0.3 is 15.0 Å². The molecular formula is C36H39F3N8O4. The molecule has 3 fully saturated rings. The summed E-state index contributed by atoms with van der Waals surface area (Å²) in [5.74, 6) is -0.586. The molecule has 4 aliphatic heterocycles. The van der Waals surface area contributed by atoms with Crippen LogP contribution in [0.4, 0.5) is 19.0 Å². The third-order valence-corrected chi connectivity index (χ3v) is 8.93. The molecule has 0 aliphatic carbocycles. The summed E-state index contributed by atoms with van der Waals surface area (Å²) in [7, 11) is 1.83. The van der Waals surface area contributed by atoms with Crippen molar-refractivity contribution < 1.29 is 32.3 Å². The number of anilines is 1. The van der Waals surface area contributed by atoms with Crippen molar-refractivity contribution in [2.75, 3.05) is 38.1 Å². The fourth-order valence-corrected chi connectivity index (χ4v) is 6.51. The van der Waals surface area contributed by atoms with Crippen molar-refractivity contribution in [3.8, 4) is 5.69 Å². The predicted octanol–water partition coefficient (Wildman–Crippen LogP) is 3.93. The molecule has 3 atom stereocenters. The maximum atomic E-state index is 13.0. The molecule has 8 rings (SSSR count). The number of ether oxygens (including phenoxy) is 1. The Kier molecular flexibility index (Phi) is 10.4. The van der Waals surface area contributed by atoms with Crippen molar-refractivity contribution in [3.05, 3.63) is 108 Å². The highest BCUT2D eigenvalue weighted by Gasteiger charge is 2.39. The number of benzene rings is 2. The number of amides is 3. The van der Waals surface area contributed by atoms with E-state index in [-0.39, 0.29) is 22.9 Å². The number of para-hydroxylation sites is 1. The van der Waals surface area contributed by atoms with E-state index >= 15 is 0 Å². The van der Waals surface area contributed by atoms with Gasteiger partial charge in [0.05, 0.1) is 24.1 Å². The van der Waals surface area contributed by atoms with Gasteiger partial charge in [-0.2, -0.15) is 14.9 Å². The summed E-state index contributed by atoms with van der Waals surface area (Å²) in [4.78, 5) is 43.3. The van der Waals surface area contributed by atoms with E-state index in [4.69, 9.17) is 4.74 Å². The van der Waals surface area contributed by atoms with Gasteiger partial charge in [-0.1, -0.05) is 55.1 Å². The molecular weight excluding hydrogens is 665 g/mol. The number of hydrogen-bond donors (Lipinski definition) is 1. The first-order chi connectivity index (χ1) is 24.4. The van der Waals surface area contributed by atoms with Gasteiger partial charge in [-0.25, -0.2) is 4.68 Å². The van der Waals surface area contributed by atoms with Gasteiger partial charge in [0, 0.05) is 69.9 Å². The van der Waals surface area contributed by atoms with Gasteiger partial charge in [0.25, 0.3) is 17.7 Å². The highest BCUT2D eigenvalue weighted by Crippen LogP contribution is 2.31. The zero-order chi connectivity index (χ0) is 36.3. The van der Waals surface area contributed by atoms with Gasteiger partial charge in [-0.05, 0) is 30.7 Å². The second kappa shape index (κ2) is 14.9. The van der Waals surface area contributed by atoms with Gasteiger partial charge in [0.2, 0.25) is 0 Å². The maximum absolute atomic E-state index is 13.0. The van der Waals surface area contributed by atoms with E-state index in [2.05, 4.69) is 27.0 Å². The molecule has 12 nitrogen and oxygen atoms in total. The van der Waals surface area contributed by atoms with E-state index in [9.17, 15) is 27.6 Å². The van der Waals surface area contributed by atoms with Gasteiger partial charge >= 0.3 is 6.30 Å². The van der Waals surface area contributed by atoms with Gasteiger partial charge in [0.15, 0.2) is 0 Å². The van der Waals surface area contributed by atoms with Crippen molar-refractivity contribution in [3.63, 3.8) is 0 Å². The van der Waals surface area contributed by atoms with Crippen molar-refractivity contribution >= 4 is 23.5 Å². The van der Waals surface area contributed by atoms with Gasteiger partial charge in [0.1, 0.15) is 17.6 Å². The molecule has 15 heteroatoms. The van der Waals surface area contributed by atoms with Crippen LogP contribution in [0.3, 0.4) is 0 Å². The Bertz CT molecular complexity index is 1860. The lowest BCUT2D eigenvalue weighted by Crippen LogP contribution is -2.57. The van der Waals surface area contributed by atoms with Crippen molar-refractivity contribution in [1.29, 1.82) is 0 Å². The number of nitrogens with zero attached hydrogens (tertiary/aromatic N) is 7. The standard InChI is InChI=1S/C19H17F3N6O2.C17H22N2O2/c1-2-26-17-12(11-23-28(17)13-6-4-3-5-7-13)10-15(18(26)30)24-16(29)14-8-9-27(25-14)19(20,21)22;1-13(9-19-11-15-8-16(12-19)21-15)17(20)18(2)10-14-6-4-3-5-7-14/h3-9,11,15H,2,10H2,1H3,(H,24,29);3-7,15-16H,1,8-12H2,2H3. The highest BCUT2D eigenvalue weighted by atomic mass is 19.4. The molecule has 0 saturated carbocycles. The van der Waals surface area contributed by atoms with Crippen LogP contribution >= 0.6 is 0 Å². The quantitative estimate of drug-likeness (QED) is 0.263. The Morgan fingerprint density at radius 1 is 1.04 bits per heavy atom. The largest absolute Gasteiger partial charge is 0.504 e. The molecule has 4 aromatic rings. The summed E-state index contributed by atoms with van der Waals surface area (Å²) in [6.45, 7) is 9.21. The number of aromatic nitrogens is 4. The van der Waals surface area contributed by atoms with Crippen LogP contribution in [0.15, 0.2) is 91.3 Å². The molecule has 6 heterocycles. The third kappa shape index (κ3) is 8.05. The molecule has 2 aromatic heterocycles. The number of hydrogen-bond acceptors (Lipinski definition) is 7. The van der Waals surface area contributed by atoms with Crippen LogP contribution in [-0.2, 0) is 33.6 Å². The average molecular weight is 705 g/mol. The Morgan fingerprint density at radius 2 is 1.69 bits per heavy atom. The van der Waals surface area contributed by atoms with E-state index in [1.807, 2.05) is 67.7 Å². The topological polar surface area (TPSA) is 118 Å². The first kappa shape index (κ1) is 35.5. The average Bonchev–Trinajstić information content (AvgIpc) is 3.78. The van der Waals surface area contributed by atoms with Crippen LogP contribution in [0.2, 0.25) is 0 Å². The van der Waals surface area contributed by atoms with E-state index in [0.717, 1.165) is 36.0 Å². The number of carbonyl (C=O) groups is 3. The molecule has 2 aromatic carbocycles. The molecule has 0 radical (unpaired) electrons. The molecule has 3 saturated heterocycles. The lowest BCUT2D eigenvalue weighted by Gasteiger charge is -2.47. The van der Waals surface area contributed by atoms with Crippen LogP contribution in [0, 0.1) is 0 Å². The number of morpholine rings is 1. The van der Waals surface area contributed by atoms with Gasteiger partial charge in [-0.3, -0.25) is 24.2 Å². The lowest BCUT2D eigenvalue weighted by molar-refractivity contribution is -0.212. The molecule has 0 spiro atoms. The van der Waals surface area contributed by atoms with Crippen molar-refractivity contribution in [1.82, 2.24) is 34.7 Å². The Morgan fingerprint density at radius 3 is 2.29 bits per heavy atom. The van der Waals surface area contributed by atoms with E-state index in [1.54, 1.807) is 22.7 Å². The second-order valence-corrected chi connectivity index (χ2v) is 12.7. The fraction of sp³-hybridized carbons (Fsp3) is 0.361. The second-order valence-electron chi connectivity index (χ2n) is 12.7. The van der Waals surface area contributed by atoms with Crippen LogP contribution in [0.25, 0.3) is 5.69 Å². The number of fused-ring (bicyclic) bond motifs is 3. The number of carbonyl (C=O) groups excluding carboxylic acids is 3. The summed E-state index contributed by atoms with van der Waals surface area (Å²) in [5.41, 5.74) is 2.90. The maximum Gasteiger partial charge on any atom is 0.504 e. The number of likely N-dealkylation sites (N-methyl/N-ethyl adjacent to an activating group) is 2. The molecule has 2 bridgehead atoms. The first-order valence-corrected chi connectivity index (χ1v) is 16.6. The number of rotatable bonds is 9. The summed E-state index contributed by atoms with van der Waals surface area (Å²) in [5, 5.41) is 10.1. The minimum atomic E-state index is -4.72. The molecule has 4 aliphatic rings. The van der Waals surface area contributed by atoms with E-state index in [0.29, 0.717) is 49.4 Å². The zero-order valence-corrected chi connectivity index (χ0v) is 28.3. The number of piperidine rings is 1. The van der Waals surface area contributed by atoms with Crippen LogP contribution in [-0.4, -0.2) is 98.6 Å². The smallest absolute Gasteiger partial charge is 0.372 e. The van der Waals surface area contributed by atoms with E-state index < -0.39 is 23.9 Å². The Balaban J connectivity index is 0.000000187. The fourth-order valence-electron chi connectivity index (χ4n) is 6.51. The lowest BCUT2D eigenvalue weighted by atomic mass is 9.98. The highest BCUT2D eigenvalue weighted by molar-refractivity contribution is 6.03. The zero-order valence-electron chi connectivity index (χ0n) is 28.3. The van der Waals surface area contributed by atoms with Crippen molar-refractivity contribution in [2.45, 2.75) is 50.9 Å². The summed E-state index contributed by atoms with van der Waals surface area (Å²) >= 11 is 0. The minimum absolute atomic E-state index is 0.0269. The van der Waals surface area contributed by atoms with E-state index in [1.165, 1.54) is 11.3 Å². The minimum Gasteiger partial charge on any atom is -0.372 e. The third-order valence-electron chi connectivity index (χ3n) is 8.93. The summed E-state index contributed by atoms with van der Waals surface area (Å²) in [6.07, 6.45) is -0.373. The molecule has 3 amide bonds. The number of alkyl halides is 3. The van der Waals surface area contributed by atoms with Crippen LogP contribution < -0.4 is 10.2 Å². The van der Waals surface area contributed by atoms with Gasteiger partial charge in [-0.15, -0.1) is 13.2 Å². The molecule has 1 N–H and O–H groups in total. The van der Waals surface area contributed by atoms with Crippen LogP contribution in [0.5, 0.6) is 0 Å². The van der Waals surface area contributed by atoms with Crippen LogP contribution in [0.1, 0.15) is 35.0 Å². The molecule has 3 unspecified atom stereocenters. The Labute approximate surface area is 293 Å². The Hall–Kier alpha value is -5.28. The van der Waals surface area contributed by atoms with Crippen molar-refractivity contribution in [2.24, 2.45) is 0 Å². The number of halogens is 3. The summed E-state index contributed by atoms with van der Waals surface area (Å²) in [6, 6.07) is 19.3. The predicted molar refractivity (Wildman–Crippen MR) is 182 cm³/mol. The normalized spacial score (nSPS) is 19.7. The monoisotopic (exact) mass is 704 g/mol. The number of nitrogens with one attached hydrogen (secondary N) is 1. The first-order valence-electron chi connectivity index (χ1n) is 16.6.